The van der Waals surface area contributed by atoms with E-state index in [2.05, 4.69) is 5.32 Å². The third-order valence-electron chi connectivity index (χ3n) is 3.85. The molecule has 138 valence electrons. The molecular formula is C20H23NO5. The van der Waals surface area contributed by atoms with E-state index in [1.54, 1.807) is 37.4 Å². The van der Waals surface area contributed by atoms with E-state index in [1.807, 2.05) is 26.0 Å². The molecule has 1 atom stereocenters. The Kier molecular flexibility index (Phi) is 6.60. The lowest BCUT2D eigenvalue weighted by atomic mass is 10.1. The van der Waals surface area contributed by atoms with Gasteiger partial charge in [0.1, 0.15) is 11.5 Å². The van der Waals surface area contributed by atoms with Crippen molar-refractivity contribution in [3.8, 4) is 11.5 Å². The van der Waals surface area contributed by atoms with Gasteiger partial charge in [0, 0.05) is 11.8 Å². The Labute approximate surface area is 153 Å². The van der Waals surface area contributed by atoms with Crippen LogP contribution in [0.15, 0.2) is 42.5 Å². The largest absolute Gasteiger partial charge is 0.497 e. The highest BCUT2D eigenvalue weighted by Gasteiger charge is 2.18. The smallest absolute Gasteiger partial charge is 0.344 e. The lowest BCUT2D eigenvalue weighted by molar-refractivity contribution is -0.155. The minimum Gasteiger partial charge on any atom is -0.497 e. The number of ether oxygens (including phenoxy) is 3. The molecule has 0 fully saturated rings. The number of hydrogen-bond acceptors (Lipinski definition) is 5. The second-order valence-corrected chi connectivity index (χ2v) is 5.89. The van der Waals surface area contributed by atoms with Crippen molar-refractivity contribution in [3.05, 3.63) is 53.6 Å². The summed E-state index contributed by atoms with van der Waals surface area (Å²) in [5, 5.41) is 2.67. The van der Waals surface area contributed by atoms with Gasteiger partial charge in [-0.05, 0) is 56.2 Å². The summed E-state index contributed by atoms with van der Waals surface area (Å²) in [6.07, 6.45) is -0.947. The van der Waals surface area contributed by atoms with Gasteiger partial charge in [0.05, 0.1) is 7.11 Å². The fourth-order valence-corrected chi connectivity index (χ4v) is 2.18. The number of rotatable bonds is 7. The van der Waals surface area contributed by atoms with Crippen molar-refractivity contribution in [2.75, 3.05) is 19.0 Å². The van der Waals surface area contributed by atoms with Crippen molar-refractivity contribution in [2.24, 2.45) is 0 Å². The summed E-state index contributed by atoms with van der Waals surface area (Å²) in [6.45, 7) is 5.20. The van der Waals surface area contributed by atoms with E-state index in [-0.39, 0.29) is 6.61 Å². The molecule has 0 bridgehead atoms. The van der Waals surface area contributed by atoms with Crippen LogP contribution in [-0.2, 0) is 14.3 Å². The molecule has 0 saturated carbocycles. The van der Waals surface area contributed by atoms with Crippen molar-refractivity contribution in [2.45, 2.75) is 26.9 Å². The third-order valence-corrected chi connectivity index (χ3v) is 3.85. The molecule has 0 aliphatic heterocycles. The molecule has 0 radical (unpaired) electrons. The molecule has 6 nitrogen and oxygen atoms in total. The van der Waals surface area contributed by atoms with Crippen LogP contribution < -0.4 is 14.8 Å². The Bertz CT molecular complexity index is 788. The summed E-state index contributed by atoms with van der Waals surface area (Å²) in [7, 11) is 1.54. The van der Waals surface area contributed by atoms with Crippen molar-refractivity contribution >= 4 is 17.6 Å². The number of methoxy groups -OCH3 is 1. The van der Waals surface area contributed by atoms with Crippen LogP contribution in [0.5, 0.6) is 11.5 Å². The molecule has 6 heteroatoms. The Morgan fingerprint density at radius 1 is 1.04 bits per heavy atom. The monoisotopic (exact) mass is 357 g/mol. The topological polar surface area (TPSA) is 73.9 Å². The van der Waals surface area contributed by atoms with Crippen LogP contribution >= 0.6 is 0 Å². The number of hydrogen-bond donors (Lipinski definition) is 1. The van der Waals surface area contributed by atoms with Crippen LogP contribution in [0.4, 0.5) is 5.69 Å². The zero-order valence-electron chi connectivity index (χ0n) is 15.4. The van der Waals surface area contributed by atoms with Gasteiger partial charge in [0.15, 0.2) is 12.7 Å². The van der Waals surface area contributed by atoms with Gasteiger partial charge in [-0.15, -0.1) is 0 Å². The van der Waals surface area contributed by atoms with E-state index in [0.29, 0.717) is 17.2 Å². The second kappa shape index (κ2) is 8.89. The highest BCUT2D eigenvalue weighted by Crippen LogP contribution is 2.18. The summed E-state index contributed by atoms with van der Waals surface area (Å²) < 4.78 is 15.6. The maximum absolute atomic E-state index is 12.1. The Morgan fingerprint density at radius 3 is 2.50 bits per heavy atom. The zero-order valence-corrected chi connectivity index (χ0v) is 15.4. The fraction of sp³-hybridized carbons (Fsp3) is 0.300. The number of amides is 1. The van der Waals surface area contributed by atoms with Gasteiger partial charge in [0.25, 0.3) is 5.91 Å². The average molecular weight is 357 g/mol. The summed E-state index contributed by atoms with van der Waals surface area (Å²) in [6, 6.07) is 12.5. The van der Waals surface area contributed by atoms with Crippen LogP contribution in [0.1, 0.15) is 18.1 Å². The normalized spacial score (nSPS) is 11.4. The fourth-order valence-electron chi connectivity index (χ4n) is 2.18. The molecule has 1 amide bonds. The van der Waals surface area contributed by atoms with E-state index in [0.717, 1.165) is 11.1 Å². The Morgan fingerprint density at radius 2 is 1.81 bits per heavy atom. The first kappa shape index (κ1) is 19.3. The highest BCUT2D eigenvalue weighted by molar-refractivity contribution is 5.95. The standard InChI is InChI=1S/C20H23NO5/c1-13-8-9-18(10-14(13)2)25-12-19(22)26-15(3)20(23)21-16-6-5-7-17(11-16)24-4/h5-11,15H,12H2,1-4H3,(H,21,23)/t15-/m0/s1. The molecule has 0 aromatic heterocycles. The number of benzene rings is 2. The first-order valence-corrected chi connectivity index (χ1v) is 8.23. The van der Waals surface area contributed by atoms with Crippen molar-refractivity contribution in [3.63, 3.8) is 0 Å². The first-order chi connectivity index (χ1) is 12.4. The molecule has 0 aliphatic rings. The zero-order chi connectivity index (χ0) is 19.1. The maximum Gasteiger partial charge on any atom is 0.344 e. The number of anilines is 1. The lowest BCUT2D eigenvalue weighted by Gasteiger charge is -2.14. The third kappa shape index (κ3) is 5.51. The Hall–Kier alpha value is -3.02. The summed E-state index contributed by atoms with van der Waals surface area (Å²) in [4.78, 5) is 24.0. The second-order valence-electron chi connectivity index (χ2n) is 5.89. The van der Waals surface area contributed by atoms with Crippen LogP contribution in [0.3, 0.4) is 0 Å². The predicted molar refractivity (Wildman–Crippen MR) is 98.6 cm³/mol. The number of aryl methyl sites for hydroxylation is 2. The molecule has 1 N–H and O–H groups in total. The van der Waals surface area contributed by atoms with Crippen molar-refractivity contribution in [1.29, 1.82) is 0 Å². The number of carbonyl (C=O) groups is 2. The SMILES string of the molecule is COc1cccc(NC(=O)[C@H](C)OC(=O)COc2ccc(C)c(C)c2)c1. The lowest BCUT2D eigenvalue weighted by Crippen LogP contribution is -2.31. The van der Waals surface area contributed by atoms with Gasteiger partial charge in [-0.2, -0.15) is 0 Å². The molecule has 0 spiro atoms. The van der Waals surface area contributed by atoms with Gasteiger partial charge < -0.3 is 19.5 Å². The van der Waals surface area contributed by atoms with Gasteiger partial charge in [-0.3, -0.25) is 4.79 Å². The van der Waals surface area contributed by atoms with E-state index in [1.165, 1.54) is 6.92 Å². The van der Waals surface area contributed by atoms with Crippen LogP contribution in [0.2, 0.25) is 0 Å². The molecule has 2 aromatic rings. The maximum atomic E-state index is 12.1. The van der Waals surface area contributed by atoms with Crippen molar-refractivity contribution < 1.29 is 23.8 Å². The van der Waals surface area contributed by atoms with E-state index in [4.69, 9.17) is 14.2 Å². The molecule has 2 rings (SSSR count). The van der Waals surface area contributed by atoms with Gasteiger partial charge >= 0.3 is 5.97 Å². The van der Waals surface area contributed by atoms with Crippen LogP contribution in [0.25, 0.3) is 0 Å². The Balaban J connectivity index is 1.83. The molecule has 0 unspecified atom stereocenters. The van der Waals surface area contributed by atoms with Crippen LogP contribution in [0, 0.1) is 13.8 Å². The van der Waals surface area contributed by atoms with E-state index < -0.39 is 18.0 Å². The number of carbonyl (C=O) groups excluding carboxylic acids is 2. The quantitative estimate of drug-likeness (QED) is 0.770. The molecule has 2 aromatic carbocycles. The molecule has 0 saturated heterocycles. The number of esters is 1. The van der Waals surface area contributed by atoms with E-state index in [9.17, 15) is 9.59 Å². The molecular weight excluding hydrogens is 334 g/mol. The van der Waals surface area contributed by atoms with Gasteiger partial charge in [-0.25, -0.2) is 4.79 Å². The van der Waals surface area contributed by atoms with Crippen molar-refractivity contribution in [1.82, 2.24) is 0 Å². The minimum atomic E-state index is -0.947. The molecule has 26 heavy (non-hydrogen) atoms. The highest BCUT2D eigenvalue weighted by atomic mass is 16.6. The minimum absolute atomic E-state index is 0.265. The first-order valence-electron chi connectivity index (χ1n) is 8.23. The van der Waals surface area contributed by atoms with Crippen LogP contribution in [-0.4, -0.2) is 31.7 Å². The average Bonchev–Trinajstić information content (AvgIpc) is 2.62. The summed E-state index contributed by atoms with van der Waals surface area (Å²) >= 11 is 0. The number of nitrogens with one attached hydrogen (secondary N) is 1. The van der Waals surface area contributed by atoms with E-state index >= 15 is 0 Å². The summed E-state index contributed by atoms with van der Waals surface area (Å²) in [5.74, 6) is 0.155. The summed E-state index contributed by atoms with van der Waals surface area (Å²) in [5.41, 5.74) is 2.77. The molecule has 0 aliphatic carbocycles. The molecule has 0 heterocycles. The predicted octanol–water partition coefficient (Wildman–Crippen LogP) is 3.26. The van der Waals surface area contributed by atoms with Gasteiger partial charge in [0.2, 0.25) is 0 Å². The van der Waals surface area contributed by atoms with Gasteiger partial charge in [-0.1, -0.05) is 12.1 Å².